The third-order valence-electron chi connectivity index (χ3n) is 3.26. The van der Waals surface area contributed by atoms with Gasteiger partial charge in [-0.3, -0.25) is 0 Å². The predicted octanol–water partition coefficient (Wildman–Crippen LogP) is 3.51. The lowest BCUT2D eigenvalue weighted by Crippen LogP contribution is -2.07. The fraction of sp³-hybridized carbons (Fsp3) is 0.267. The number of rotatable bonds is 4. The zero-order valence-electron chi connectivity index (χ0n) is 11.7. The van der Waals surface area contributed by atoms with Gasteiger partial charge in [-0.2, -0.15) is 10.4 Å². The minimum Gasteiger partial charge on any atom is -0.363 e. The number of aryl methyl sites for hydroxylation is 1. The Bertz CT molecular complexity index is 675. The van der Waals surface area contributed by atoms with Crippen molar-refractivity contribution >= 4 is 5.82 Å². The van der Waals surface area contributed by atoms with E-state index in [2.05, 4.69) is 21.6 Å². The van der Waals surface area contributed by atoms with Crippen molar-refractivity contribution < 1.29 is 8.78 Å². The van der Waals surface area contributed by atoms with Gasteiger partial charge >= 0.3 is 0 Å². The number of anilines is 1. The van der Waals surface area contributed by atoms with Crippen molar-refractivity contribution in [1.82, 2.24) is 10.2 Å². The molecule has 0 saturated carbocycles. The Labute approximate surface area is 121 Å². The summed E-state index contributed by atoms with van der Waals surface area (Å²) in [6.45, 7) is 3.98. The zero-order chi connectivity index (χ0) is 15.4. The second-order valence-corrected chi connectivity index (χ2v) is 4.64. The molecular formula is C15H14F2N4. The van der Waals surface area contributed by atoms with Crippen molar-refractivity contribution in [1.29, 1.82) is 5.26 Å². The molecule has 1 N–H and O–H groups in total. The van der Waals surface area contributed by atoms with Crippen LogP contribution in [0, 0.1) is 25.2 Å². The molecule has 108 valence electrons. The van der Waals surface area contributed by atoms with Crippen LogP contribution in [0.1, 0.15) is 34.4 Å². The molecule has 6 heteroatoms. The molecule has 0 spiro atoms. The van der Waals surface area contributed by atoms with Gasteiger partial charge in [-0.1, -0.05) is 24.3 Å². The predicted molar refractivity (Wildman–Crippen MR) is 74.9 cm³/mol. The third-order valence-corrected chi connectivity index (χ3v) is 3.26. The highest BCUT2D eigenvalue weighted by Crippen LogP contribution is 2.20. The summed E-state index contributed by atoms with van der Waals surface area (Å²) in [5.41, 5.74) is 2.75. The van der Waals surface area contributed by atoms with Crippen molar-refractivity contribution in [3.63, 3.8) is 0 Å². The summed E-state index contributed by atoms with van der Waals surface area (Å²) in [4.78, 5) is 0. The molecule has 2 rings (SSSR count). The van der Waals surface area contributed by atoms with Gasteiger partial charge in [0.05, 0.1) is 5.69 Å². The third kappa shape index (κ3) is 3.31. The molecule has 0 atom stereocenters. The topological polar surface area (TPSA) is 61.6 Å². The number of alkyl halides is 2. The quantitative estimate of drug-likeness (QED) is 0.935. The molecule has 0 aliphatic carbocycles. The number of hydrogen-bond donors (Lipinski definition) is 1. The highest BCUT2D eigenvalue weighted by atomic mass is 19.3. The molecule has 1 aromatic heterocycles. The van der Waals surface area contributed by atoms with Crippen LogP contribution in [0.4, 0.5) is 14.6 Å². The van der Waals surface area contributed by atoms with Crippen molar-refractivity contribution in [3.05, 3.63) is 52.2 Å². The average Bonchev–Trinajstić information content (AvgIpc) is 2.49. The normalized spacial score (nSPS) is 10.5. The number of nitrogens with one attached hydrogen (secondary N) is 1. The Hall–Kier alpha value is -2.55. The maximum absolute atomic E-state index is 12.5. The van der Waals surface area contributed by atoms with Crippen LogP contribution in [-0.4, -0.2) is 10.2 Å². The van der Waals surface area contributed by atoms with Gasteiger partial charge < -0.3 is 5.32 Å². The van der Waals surface area contributed by atoms with E-state index < -0.39 is 6.43 Å². The van der Waals surface area contributed by atoms with Crippen LogP contribution < -0.4 is 5.32 Å². The second kappa shape index (κ2) is 6.27. The Morgan fingerprint density at radius 1 is 1.19 bits per heavy atom. The molecule has 1 heterocycles. The smallest absolute Gasteiger partial charge is 0.263 e. The number of aromatic nitrogens is 2. The SMILES string of the molecule is Cc1nnc(NCc2ccc(C(F)F)cc2)c(C#N)c1C. The molecule has 4 nitrogen and oxygen atoms in total. The second-order valence-electron chi connectivity index (χ2n) is 4.64. The van der Waals surface area contributed by atoms with E-state index in [0.29, 0.717) is 23.6 Å². The molecule has 0 amide bonds. The standard InChI is InChI=1S/C15H14F2N4/c1-9-10(2)20-21-15(13(9)7-18)19-8-11-3-5-12(6-4-11)14(16)17/h3-6,14H,8H2,1-2H3,(H,19,21). The largest absolute Gasteiger partial charge is 0.363 e. The molecule has 0 aliphatic rings. The maximum atomic E-state index is 12.5. The summed E-state index contributed by atoms with van der Waals surface area (Å²) in [5.74, 6) is 0.401. The number of nitrogens with zero attached hydrogens (tertiary/aromatic N) is 3. The van der Waals surface area contributed by atoms with E-state index in [4.69, 9.17) is 0 Å². The Balaban J connectivity index is 2.13. The molecule has 0 bridgehead atoms. The summed E-state index contributed by atoms with van der Waals surface area (Å²) in [6, 6.07) is 8.12. The minimum absolute atomic E-state index is 0.0116. The number of benzene rings is 1. The van der Waals surface area contributed by atoms with Crippen LogP contribution in [0.2, 0.25) is 0 Å². The van der Waals surface area contributed by atoms with E-state index in [0.717, 1.165) is 11.1 Å². The van der Waals surface area contributed by atoms with Crippen LogP contribution in [0.3, 0.4) is 0 Å². The maximum Gasteiger partial charge on any atom is 0.263 e. The van der Waals surface area contributed by atoms with Gasteiger partial charge in [-0.25, -0.2) is 8.78 Å². The summed E-state index contributed by atoms with van der Waals surface area (Å²) in [7, 11) is 0. The van der Waals surface area contributed by atoms with E-state index in [1.54, 1.807) is 19.1 Å². The lowest BCUT2D eigenvalue weighted by molar-refractivity contribution is 0.151. The first-order chi connectivity index (χ1) is 10.0. The van der Waals surface area contributed by atoms with E-state index in [1.807, 2.05) is 6.92 Å². The molecule has 1 aromatic carbocycles. The van der Waals surface area contributed by atoms with Crippen molar-refractivity contribution in [3.8, 4) is 6.07 Å². The Morgan fingerprint density at radius 3 is 2.43 bits per heavy atom. The van der Waals surface area contributed by atoms with Gasteiger partial charge in [0, 0.05) is 12.1 Å². The molecule has 0 saturated heterocycles. The molecule has 0 unspecified atom stereocenters. The lowest BCUT2D eigenvalue weighted by atomic mass is 10.1. The Morgan fingerprint density at radius 2 is 1.86 bits per heavy atom. The van der Waals surface area contributed by atoms with Crippen LogP contribution >= 0.6 is 0 Å². The molecular weight excluding hydrogens is 274 g/mol. The summed E-state index contributed by atoms with van der Waals surface area (Å²) in [6.07, 6.45) is -2.47. The summed E-state index contributed by atoms with van der Waals surface area (Å²) >= 11 is 0. The van der Waals surface area contributed by atoms with Gasteiger partial charge in [0.25, 0.3) is 6.43 Å². The lowest BCUT2D eigenvalue weighted by Gasteiger charge is -2.10. The van der Waals surface area contributed by atoms with Gasteiger partial charge in [-0.05, 0) is 25.0 Å². The molecule has 0 fully saturated rings. The van der Waals surface area contributed by atoms with Crippen LogP contribution in [0.25, 0.3) is 0 Å². The monoisotopic (exact) mass is 288 g/mol. The fourth-order valence-electron chi connectivity index (χ4n) is 1.84. The van der Waals surface area contributed by atoms with Crippen LogP contribution in [0.15, 0.2) is 24.3 Å². The zero-order valence-corrected chi connectivity index (χ0v) is 11.7. The van der Waals surface area contributed by atoms with E-state index >= 15 is 0 Å². The summed E-state index contributed by atoms with van der Waals surface area (Å²) < 4.78 is 24.9. The highest BCUT2D eigenvalue weighted by molar-refractivity contribution is 5.55. The number of nitriles is 1. The minimum atomic E-state index is -2.47. The molecule has 2 aromatic rings. The first kappa shape index (κ1) is 14.9. The van der Waals surface area contributed by atoms with Crippen molar-refractivity contribution in [2.24, 2.45) is 0 Å². The van der Waals surface area contributed by atoms with Gasteiger partial charge in [0.1, 0.15) is 11.6 Å². The first-order valence-corrected chi connectivity index (χ1v) is 6.37. The van der Waals surface area contributed by atoms with E-state index in [1.165, 1.54) is 12.1 Å². The molecule has 0 radical (unpaired) electrons. The first-order valence-electron chi connectivity index (χ1n) is 6.37. The van der Waals surface area contributed by atoms with E-state index in [9.17, 15) is 14.0 Å². The van der Waals surface area contributed by atoms with Gasteiger partial charge in [0.2, 0.25) is 0 Å². The molecule has 0 aliphatic heterocycles. The van der Waals surface area contributed by atoms with Crippen LogP contribution in [-0.2, 0) is 6.54 Å². The Kier molecular flexibility index (Phi) is 4.43. The van der Waals surface area contributed by atoms with Crippen LogP contribution in [0.5, 0.6) is 0 Å². The van der Waals surface area contributed by atoms with Crippen molar-refractivity contribution in [2.75, 3.05) is 5.32 Å². The highest BCUT2D eigenvalue weighted by Gasteiger charge is 2.11. The van der Waals surface area contributed by atoms with Gasteiger partial charge in [-0.15, -0.1) is 5.10 Å². The van der Waals surface area contributed by atoms with Gasteiger partial charge in [0.15, 0.2) is 5.82 Å². The number of hydrogen-bond acceptors (Lipinski definition) is 4. The van der Waals surface area contributed by atoms with Crippen molar-refractivity contribution in [2.45, 2.75) is 26.8 Å². The molecule has 21 heavy (non-hydrogen) atoms. The average molecular weight is 288 g/mol. The summed E-state index contributed by atoms with van der Waals surface area (Å²) in [5, 5.41) is 20.1. The fourth-order valence-corrected chi connectivity index (χ4v) is 1.84. The number of halogens is 2. The van der Waals surface area contributed by atoms with E-state index in [-0.39, 0.29) is 5.56 Å².